The van der Waals surface area contributed by atoms with Gasteiger partial charge in [0.2, 0.25) is 0 Å². The van der Waals surface area contributed by atoms with Gasteiger partial charge in [0.15, 0.2) is 18.1 Å². The highest BCUT2D eigenvalue weighted by Crippen LogP contribution is 2.35. The number of carbonyl (C=O) groups excluding carboxylic acids is 2. The number of rotatable bonds is 6. The lowest BCUT2D eigenvalue weighted by Gasteiger charge is -2.12. The molecule has 1 saturated heterocycles. The van der Waals surface area contributed by atoms with Crippen LogP contribution in [0.4, 0.5) is 4.79 Å². The molecule has 142 valence electrons. The van der Waals surface area contributed by atoms with Crippen molar-refractivity contribution in [3.63, 3.8) is 0 Å². The van der Waals surface area contributed by atoms with Crippen LogP contribution in [0.2, 0.25) is 0 Å². The number of methoxy groups -OCH3 is 1. The number of ether oxygens (including phenoxy) is 2. The Labute approximate surface area is 167 Å². The van der Waals surface area contributed by atoms with Crippen LogP contribution in [0.3, 0.4) is 0 Å². The van der Waals surface area contributed by atoms with Crippen molar-refractivity contribution in [2.45, 2.75) is 13.5 Å². The smallest absolute Gasteiger partial charge is 0.293 e. The van der Waals surface area contributed by atoms with Gasteiger partial charge in [0, 0.05) is 0 Å². The zero-order valence-corrected chi connectivity index (χ0v) is 16.3. The van der Waals surface area contributed by atoms with E-state index in [1.807, 2.05) is 37.3 Å². The zero-order chi connectivity index (χ0) is 20.1. The van der Waals surface area contributed by atoms with E-state index in [0.717, 1.165) is 22.9 Å². The molecule has 0 aliphatic carbocycles. The fourth-order valence-corrected chi connectivity index (χ4v) is 3.62. The molecule has 2 aromatic carbocycles. The Kier molecular flexibility index (Phi) is 6.02. The van der Waals surface area contributed by atoms with Crippen molar-refractivity contribution in [2.75, 3.05) is 13.7 Å². The van der Waals surface area contributed by atoms with Crippen molar-refractivity contribution in [2.24, 2.45) is 0 Å². The summed E-state index contributed by atoms with van der Waals surface area (Å²) < 4.78 is 10.6. The van der Waals surface area contributed by atoms with E-state index in [1.54, 1.807) is 24.3 Å². The highest BCUT2D eigenvalue weighted by Gasteiger charge is 2.35. The standard InChI is InChI=1S/C21H18N2O4S/c1-14-4-3-5-16(10-14)13-23-20(24)19(28-21(23)25)12-15-6-7-17(27-9-8-22)18(11-15)26-2/h3-7,10-12H,9,13H2,1-2H3/b19-12-. The van der Waals surface area contributed by atoms with Crippen LogP contribution in [-0.2, 0) is 11.3 Å². The topological polar surface area (TPSA) is 79.6 Å². The van der Waals surface area contributed by atoms with Gasteiger partial charge in [-0.3, -0.25) is 14.5 Å². The first-order valence-electron chi connectivity index (χ1n) is 8.50. The molecule has 1 aliphatic heterocycles. The normalized spacial score (nSPS) is 15.0. The van der Waals surface area contributed by atoms with Gasteiger partial charge in [-0.2, -0.15) is 5.26 Å². The van der Waals surface area contributed by atoms with Gasteiger partial charge < -0.3 is 9.47 Å². The van der Waals surface area contributed by atoms with Crippen molar-refractivity contribution >= 4 is 29.0 Å². The van der Waals surface area contributed by atoms with Gasteiger partial charge in [-0.05, 0) is 48.0 Å². The van der Waals surface area contributed by atoms with Crippen LogP contribution in [0.15, 0.2) is 47.4 Å². The molecule has 1 aliphatic rings. The molecule has 7 heteroatoms. The summed E-state index contributed by atoms with van der Waals surface area (Å²) in [6.07, 6.45) is 1.65. The summed E-state index contributed by atoms with van der Waals surface area (Å²) in [5.41, 5.74) is 2.68. The predicted molar refractivity (Wildman–Crippen MR) is 107 cm³/mol. The summed E-state index contributed by atoms with van der Waals surface area (Å²) in [5, 5.41) is 8.34. The lowest BCUT2D eigenvalue weighted by Crippen LogP contribution is -2.27. The maximum absolute atomic E-state index is 12.7. The first-order chi connectivity index (χ1) is 13.5. The summed E-state index contributed by atoms with van der Waals surface area (Å²) in [6.45, 7) is 2.12. The lowest BCUT2D eigenvalue weighted by atomic mass is 10.1. The van der Waals surface area contributed by atoms with Crippen molar-refractivity contribution in [1.29, 1.82) is 5.26 Å². The molecule has 0 N–H and O–H groups in total. The van der Waals surface area contributed by atoms with Gasteiger partial charge in [0.05, 0.1) is 18.6 Å². The lowest BCUT2D eigenvalue weighted by molar-refractivity contribution is -0.123. The fourth-order valence-electron chi connectivity index (χ4n) is 2.78. The van der Waals surface area contributed by atoms with E-state index in [1.165, 1.54) is 12.0 Å². The Balaban J connectivity index is 1.80. The van der Waals surface area contributed by atoms with E-state index in [-0.39, 0.29) is 24.3 Å². The molecule has 0 bridgehead atoms. The number of nitriles is 1. The predicted octanol–water partition coefficient (Wildman–Crippen LogP) is 4.14. The number of benzene rings is 2. The van der Waals surface area contributed by atoms with Gasteiger partial charge in [-0.1, -0.05) is 35.9 Å². The molecule has 0 unspecified atom stereocenters. The van der Waals surface area contributed by atoms with Gasteiger partial charge in [-0.25, -0.2) is 0 Å². The van der Waals surface area contributed by atoms with E-state index in [0.29, 0.717) is 22.0 Å². The molecule has 0 spiro atoms. The molecule has 3 rings (SSSR count). The maximum Gasteiger partial charge on any atom is 0.293 e. The molecule has 28 heavy (non-hydrogen) atoms. The van der Waals surface area contributed by atoms with Crippen LogP contribution in [0.5, 0.6) is 11.5 Å². The second kappa shape index (κ2) is 8.63. The molecule has 1 fully saturated rings. The molecule has 0 saturated carbocycles. The van der Waals surface area contributed by atoms with Crippen molar-refractivity contribution in [1.82, 2.24) is 4.90 Å². The van der Waals surface area contributed by atoms with Crippen LogP contribution >= 0.6 is 11.8 Å². The van der Waals surface area contributed by atoms with E-state index in [9.17, 15) is 9.59 Å². The van der Waals surface area contributed by atoms with Gasteiger partial charge in [-0.15, -0.1) is 0 Å². The number of imide groups is 1. The minimum atomic E-state index is -0.319. The summed E-state index contributed by atoms with van der Waals surface area (Å²) >= 11 is 0.915. The third-order valence-corrected chi connectivity index (χ3v) is 4.98. The van der Waals surface area contributed by atoms with Crippen LogP contribution < -0.4 is 9.47 Å². The molecule has 1 heterocycles. The molecule has 0 atom stereocenters. The summed E-state index contributed by atoms with van der Waals surface area (Å²) in [6, 6.07) is 14.7. The average molecular weight is 394 g/mol. The number of thioether (sulfide) groups is 1. The molecule has 2 aromatic rings. The Morgan fingerprint density at radius 2 is 2.00 bits per heavy atom. The number of hydrogen-bond acceptors (Lipinski definition) is 6. The van der Waals surface area contributed by atoms with E-state index >= 15 is 0 Å². The van der Waals surface area contributed by atoms with Crippen molar-refractivity contribution in [3.05, 3.63) is 64.1 Å². The number of amides is 2. The average Bonchev–Trinajstić information content (AvgIpc) is 2.94. The highest BCUT2D eigenvalue weighted by molar-refractivity contribution is 8.18. The highest BCUT2D eigenvalue weighted by atomic mass is 32.2. The summed E-state index contributed by atoms with van der Waals surface area (Å²) in [4.78, 5) is 26.6. The van der Waals surface area contributed by atoms with E-state index in [4.69, 9.17) is 14.7 Å². The van der Waals surface area contributed by atoms with Crippen molar-refractivity contribution in [3.8, 4) is 17.6 Å². The molecular formula is C21H18N2O4S. The number of nitrogens with zero attached hydrogens (tertiary/aromatic N) is 2. The quantitative estimate of drug-likeness (QED) is 0.685. The molecular weight excluding hydrogens is 376 g/mol. The summed E-state index contributed by atoms with van der Waals surface area (Å²) in [7, 11) is 1.49. The second-order valence-corrected chi connectivity index (χ2v) is 7.11. The first kappa shape index (κ1) is 19.5. The minimum Gasteiger partial charge on any atom is -0.493 e. The minimum absolute atomic E-state index is 0.0897. The van der Waals surface area contributed by atoms with E-state index < -0.39 is 0 Å². The molecule has 6 nitrogen and oxygen atoms in total. The second-order valence-electron chi connectivity index (χ2n) is 6.11. The van der Waals surface area contributed by atoms with Crippen molar-refractivity contribution < 1.29 is 19.1 Å². The maximum atomic E-state index is 12.7. The Hall–Kier alpha value is -3.24. The Morgan fingerprint density at radius 3 is 2.71 bits per heavy atom. The van der Waals surface area contributed by atoms with Crippen LogP contribution in [0.25, 0.3) is 6.08 Å². The molecule has 0 aromatic heterocycles. The third kappa shape index (κ3) is 4.35. The Bertz CT molecular complexity index is 994. The molecule has 0 radical (unpaired) electrons. The summed E-state index contributed by atoms with van der Waals surface area (Å²) in [5.74, 6) is 0.567. The number of hydrogen-bond donors (Lipinski definition) is 0. The zero-order valence-electron chi connectivity index (χ0n) is 15.5. The SMILES string of the molecule is COc1cc(/C=C2\SC(=O)N(Cc3cccc(C)c3)C2=O)ccc1OCC#N. The largest absolute Gasteiger partial charge is 0.493 e. The first-order valence-corrected chi connectivity index (χ1v) is 9.32. The van der Waals surface area contributed by atoms with Crippen LogP contribution in [-0.4, -0.2) is 29.8 Å². The monoisotopic (exact) mass is 394 g/mol. The van der Waals surface area contributed by atoms with Gasteiger partial charge in [0.25, 0.3) is 11.1 Å². The number of carbonyl (C=O) groups is 2. The molecule has 2 amide bonds. The van der Waals surface area contributed by atoms with Gasteiger partial charge in [0.1, 0.15) is 6.07 Å². The van der Waals surface area contributed by atoms with Crippen LogP contribution in [0.1, 0.15) is 16.7 Å². The van der Waals surface area contributed by atoms with Gasteiger partial charge >= 0.3 is 0 Å². The number of aryl methyl sites for hydroxylation is 1. The fraction of sp³-hybridized carbons (Fsp3) is 0.190. The van der Waals surface area contributed by atoms with Crippen LogP contribution in [0, 0.1) is 18.3 Å². The van der Waals surface area contributed by atoms with E-state index in [2.05, 4.69) is 0 Å². The Morgan fingerprint density at radius 1 is 1.18 bits per heavy atom. The third-order valence-electron chi connectivity index (χ3n) is 4.07.